The second-order valence-electron chi connectivity index (χ2n) is 2.89. The summed E-state index contributed by atoms with van der Waals surface area (Å²) in [6.45, 7) is 0. The number of nitrogens with two attached hydrogens (primary N) is 1. The van der Waals surface area contributed by atoms with Crippen LogP contribution in [0.3, 0.4) is 0 Å². The molecule has 0 radical (unpaired) electrons. The van der Waals surface area contributed by atoms with Gasteiger partial charge in [0.2, 0.25) is 0 Å². The molecule has 0 amide bonds. The van der Waals surface area contributed by atoms with Crippen molar-refractivity contribution in [1.29, 1.82) is 5.41 Å². The SMILES string of the molecule is N=C(N)NC1CCCCC1. The molecule has 0 bridgehead atoms. The van der Waals surface area contributed by atoms with E-state index in [9.17, 15) is 0 Å². The van der Waals surface area contributed by atoms with Crippen LogP contribution in [-0.2, 0) is 0 Å². The fourth-order valence-electron chi connectivity index (χ4n) is 1.47. The van der Waals surface area contributed by atoms with Gasteiger partial charge in [0.1, 0.15) is 0 Å². The van der Waals surface area contributed by atoms with Crippen LogP contribution >= 0.6 is 0 Å². The van der Waals surface area contributed by atoms with E-state index in [2.05, 4.69) is 5.32 Å². The largest absolute Gasteiger partial charge is 0.370 e. The lowest BCUT2D eigenvalue weighted by molar-refractivity contribution is 0.412. The zero-order chi connectivity index (χ0) is 7.40. The second kappa shape index (κ2) is 3.44. The molecule has 1 saturated carbocycles. The number of nitrogens with one attached hydrogen (secondary N) is 2. The molecule has 1 aliphatic rings. The molecule has 58 valence electrons. The summed E-state index contributed by atoms with van der Waals surface area (Å²) in [5.41, 5.74) is 5.20. The van der Waals surface area contributed by atoms with Gasteiger partial charge < -0.3 is 11.1 Å². The highest BCUT2D eigenvalue weighted by Crippen LogP contribution is 2.16. The standard InChI is InChI=1S/C7H15N3/c8-7(9)10-6-4-2-1-3-5-6/h6H,1-5H2,(H4,8,9,10). The fourth-order valence-corrected chi connectivity index (χ4v) is 1.47. The number of hydrogen-bond acceptors (Lipinski definition) is 1. The van der Waals surface area contributed by atoms with Gasteiger partial charge in [0.25, 0.3) is 0 Å². The van der Waals surface area contributed by atoms with E-state index in [0.29, 0.717) is 6.04 Å². The van der Waals surface area contributed by atoms with Crippen LogP contribution in [0.4, 0.5) is 0 Å². The van der Waals surface area contributed by atoms with Crippen LogP contribution in [0.1, 0.15) is 32.1 Å². The van der Waals surface area contributed by atoms with Crippen molar-refractivity contribution < 1.29 is 0 Å². The maximum Gasteiger partial charge on any atom is 0.185 e. The predicted molar refractivity (Wildman–Crippen MR) is 41.9 cm³/mol. The molecular formula is C7H15N3. The van der Waals surface area contributed by atoms with E-state index < -0.39 is 0 Å². The topological polar surface area (TPSA) is 61.9 Å². The van der Waals surface area contributed by atoms with Gasteiger partial charge in [-0.1, -0.05) is 19.3 Å². The van der Waals surface area contributed by atoms with Crippen molar-refractivity contribution in [2.45, 2.75) is 38.1 Å². The molecule has 0 atom stereocenters. The first-order valence-corrected chi connectivity index (χ1v) is 3.89. The first-order valence-electron chi connectivity index (χ1n) is 3.89. The molecule has 1 fully saturated rings. The molecule has 0 aromatic carbocycles. The van der Waals surface area contributed by atoms with E-state index in [0.717, 1.165) is 0 Å². The van der Waals surface area contributed by atoms with Crippen LogP contribution in [-0.4, -0.2) is 12.0 Å². The average molecular weight is 141 g/mol. The Kier molecular flexibility index (Phi) is 2.54. The molecular weight excluding hydrogens is 126 g/mol. The fraction of sp³-hybridized carbons (Fsp3) is 0.857. The first-order chi connectivity index (χ1) is 4.79. The smallest absolute Gasteiger partial charge is 0.185 e. The van der Waals surface area contributed by atoms with Crippen molar-refractivity contribution in [1.82, 2.24) is 5.32 Å². The third-order valence-electron chi connectivity index (χ3n) is 1.96. The molecule has 0 aromatic rings. The van der Waals surface area contributed by atoms with Crippen molar-refractivity contribution in [3.05, 3.63) is 0 Å². The van der Waals surface area contributed by atoms with Gasteiger partial charge in [-0.3, -0.25) is 5.41 Å². The van der Waals surface area contributed by atoms with Crippen LogP contribution in [0.15, 0.2) is 0 Å². The minimum atomic E-state index is 0.118. The molecule has 0 aliphatic heterocycles. The van der Waals surface area contributed by atoms with Crippen LogP contribution in [0, 0.1) is 5.41 Å². The summed E-state index contributed by atoms with van der Waals surface area (Å²) in [5.74, 6) is 0.118. The summed E-state index contributed by atoms with van der Waals surface area (Å²) in [6.07, 6.45) is 6.27. The normalized spacial score (nSPS) is 20.4. The lowest BCUT2D eigenvalue weighted by Gasteiger charge is -2.22. The van der Waals surface area contributed by atoms with Gasteiger partial charge in [-0.15, -0.1) is 0 Å². The molecule has 4 N–H and O–H groups in total. The third-order valence-corrected chi connectivity index (χ3v) is 1.96. The zero-order valence-electron chi connectivity index (χ0n) is 6.19. The summed E-state index contributed by atoms with van der Waals surface area (Å²) >= 11 is 0. The number of guanidine groups is 1. The van der Waals surface area contributed by atoms with E-state index in [1.54, 1.807) is 0 Å². The van der Waals surface area contributed by atoms with E-state index in [1.165, 1.54) is 32.1 Å². The summed E-state index contributed by atoms with van der Waals surface area (Å²) in [7, 11) is 0. The Bertz CT molecular complexity index is 116. The van der Waals surface area contributed by atoms with Gasteiger partial charge in [-0.05, 0) is 12.8 Å². The summed E-state index contributed by atoms with van der Waals surface area (Å²) in [5, 5.41) is 9.94. The molecule has 1 rings (SSSR count). The molecule has 0 heterocycles. The molecule has 0 spiro atoms. The van der Waals surface area contributed by atoms with Crippen LogP contribution in [0.5, 0.6) is 0 Å². The Morgan fingerprint density at radius 3 is 2.40 bits per heavy atom. The summed E-state index contributed by atoms with van der Waals surface area (Å²) < 4.78 is 0. The van der Waals surface area contributed by atoms with Gasteiger partial charge in [-0.2, -0.15) is 0 Å². The van der Waals surface area contributed by atoms with Crippen LogP contribution in [0.2, 0.25) is 0 Å². The van der Waals surface area contributed by atoms with E-state index in [1.807, 2.05) is 0 Å². The van der Waals surface area contributed by atoms with Crippen molar-refractivity contribution in [3.63, 3.8) is 0 Å². The van der Waals surface area contributed by atoms with E-state index >= 15 is 0 Å². The lowest BCUT2D eigenvalue weighted by Crippen LogP contribution is -2.40. The molecule has 1 aliphatic carbocycles. The molecule has 3 nitrogen and oxygen atoms in total. The highest BCUT2D eigenvalue weighted by atomic mass is 15.1. The lowest BCUT2D eigenvalue weighted by atomic mass is 9.96. The quantitative estimate of drug-likeness (QED) is 0.373. The minimum absolute atomic E-state index is 0.118. The van der Waals surface area contributed by atoms with Crippen LogP contribution < -0.4 is 11.1 Å². The number of rotatable bonds is 1. The number of hydrogen-bond donors (Lipinski definition) is 3. The minimum Gasteiger partial charge on any atom is -0.370 e. The van der Waals surface area contributed by atoms with Gasteiger partial charge in [0.05, 0.1) is 0 Å². The van der Waals surface area contributed by atoms with E-state index in [-0.39, 0.29) is 5.96 Å². The van der Waals surface area contributed by atoms with Crippen molar-refractivity contribution in [2.24, 2.45) is 5.73 Å². The summed E-state index contributed by atoms with van der Waals surface area (Å²) in [4.78, 5) is 0. The van der Waals surface area contributed by atoms with Gasteiger partial charge in [0.15, 0.2) is 5.96 Å². The maximum absolute atomic E-state index is 7.00. The molecule has 0 saturated heterocycles. The summed E-state index contributed by atoms with van der Waals surface area (Å²) in [6, 6.07) is 0.478. The van der Waals surface area contributed by atoms with Gasteiger partial charge in [-0.25, -0.2) is 0 Å². The molecule has 0 aromatic heterocycles. The Labute approximate surface area is 61.5 Å². The highest BCUT2D eigenvalue weighted by molar-refractivity contribution is 5.74. The van der Waals surface area contributed by atoms with E-state index in [4.69, 9.17) is 11.1 Å². The first kappa shape index (κ1) is 7.38. The zero-order valence-corrected chi connectivity index (χ0v) is 6.19. The van der Waals surface area contributed by atoms with Gasteiger partial charge >= 0.3 is 0 Å². The third kappa shape index (κ3) is 2.25. The van der Waals surface area contributed by atoms with Gasteiger partial charge in [0, 0.05) is 6.04 Å². The Hall–Kier alpha value is -0.730. The molecule has 10 heavy (non-hydrogen) atoms. The van der Waals surface area contributed by atoms with Crippen molar-refractivity contribution in [3.8, 4) is 0 Å². The predicted octanol–water partition coefficient (Wildman–Crippen LogP) is 0.802. The highest BCUT2D eigenvalue weighted by Gasteiger charge is 2.12. The monoisotopic (exact) mass is 141 g/mol. The Balaban J connectivity index is 2.19. The Morgan fingerprint density at radius 2 is 1.90 bits per heavy atom. The van der Waals surface area contributed by atoms with Crippen molar-refractivity contribution in [2.75, 3.05) is 0 Å². The Morgan fingerprint density at radius 1 is 1.30 bits per heavy atom. The van der Waals surface area contributed by atoms with Crippen LogP contribution in [0.25, 0.3) is 0 Å². The van der Waals surface area contributed by atoms with Crippen molar-refractivity contribution >= 4 is 5.96 Å². The average Bonchev–Trinajstić information content (AvgIpc) is 1.88. The molecule has 0 unspecified atom stereocenters. The molecule has 3 heteroatoms. The maximum atomic E-state index is 7.00. The second-order valence-corrected chi connectivity index (χ2v) is 2.89.